The van der Waals surface area contributed by atoms with E-state index in [0.29, 0.717) is 6.54 Å². The lowest BCUT2D eigenvalue weighted by Crippen LogP contribution is -2.40. The number of carboxylic acid groups (broad SMARTS) is 1. The van der Waals surface area contributed by atoms with Gasteiger partial charge in [0.15, 0.2) is 0 Å². The summed E-state index contributed by atoms with van der Waals surface area (Å²) in [6, 6.07) is 7.06. The van der Waals surface area contributed by atoms with E-state index in [1.807, 2.05) is 38.1 Å². The number of hydrogen-bond donors (Lipinski definition) is 2. The number of carboxylic acids is 1. The van der Waals surface area contributed by atoms with Crippen molar-refractivity contribution < 1.29 is 14.6 Å². The first kappa shape index (κ1) is 13.5. The van der Waals surface area contributed by atoms with Crippen molar-refractivity contribution in [1.82, 2.24) is 5.32 Å². The van der Waals surface area contributed by atoms with E-state index in [9.17, 15) is 4.79 Å². The van der Waals surface area contributed by atoms with Crippen molar-refractivity contribution in [2.45, 2.75) is 26.4 Å². The summed E-state index contributed by atoms with van der Waals surface area (Å²) in [6.45, 7) is 4.29. The first-order valence-corrected chi connectivity index (χ1v) is 5.63. The van der Waals surface area contributed by atoms with Gasteiger partial charge in [-0.3, -0.25) is 4.79 Å². The monoisotopic (exact) mass is 237 g/mol. The zero-order valence-corrected chi connectivity index (χ0v) is 10.4. The highest BCUT2D eigenvalue weighted by atomic mass is 16.5. The summed E-state index contributed by atoms with van der Waals surface area (Å²) in [6.07, 6.45) is 0. The zero-order valence-electron chi connectivity index (χ0n) is 10.4. The molecule has 1 rings (SSSR count). The minimum Gasteiger partial charge on any atom is -0.497 e. The Labute approximate surface area is 102 Å². The van der Waals surface area contributed by atoms with Gasteiger partial charge in [-0.15, -0.1) is 0 Å². The topological polar surface area (TPSA) is 58.6 Å². The molecule has 0 aliphatic heterocycles. The minimum absolute atomic E-state index is 0.0538. The van der Waals surface area contributed by atoms with Crippen molar-refractivity contribution in [1.29, 1.82) is 0 Å². The highest BCUT2D eigenvalue weighted by Gasteiger charge is 2.20. The van der Waals surface area contributed by atoms with Crippen molar-refractivity contribution >= 4 is 5.97 Å². The Bertz CT molecular complexity index is 377. The van der Waals surface area contributed by atoms with Crippen LogP contribution in [-0.2, 0) is 11.3 Å². The van der Waals surface area contributed by atoms with Crippen LogP contribution in [0.4, 0.5) is 0 Å². The predicted octanol–water partition coefficient (Wildman–Crippen LogP) is 1.89. The molecular formula is C13H19NO3. The normalized spacial score (nSPS) is 12.5. The molecule has 0 amide bonds. The molecule has 1 aromatic carbocycles. The van der Waals surface area contributed by atoms with Crippen molar-refractivity contribution in [3.8, 4) is 5.75 Å². The maximum atomic E-state index is 11.0. The third-order valence-electron chi connectivity index (χ3n) is 2.59. The van der Waals surface area contributed by atoms with Crippen molar-refractivity contribution in [2.24, 2.45) is 5.92 Å². The summed E-state index contributed by atoms with van der Waals surface area (Å²) in [5, 5.41) is 12.1. The van der Waals surface area contributed by atoms with Gasteiger partial charge in [-0.2, -0.15) is 0 Å². The van der Waals surface area contributed by atoms with Gasteiger partial charge >= 0.3 is 5.97 Å². The Hall–Kier alpha value is -1.55. The van der Waals surface area contributed by atoms with Gasteiger partial charge in [0.05, 0.1) is 7.11 Å². The number of nitrogens with one attached hydrogen (secondary N) is 1. The first-order chi connectivity index (χ1) is 8.04. The second-order valence-electron chi connectivity index (χ2n) is 4.29. The third-order valence-corrected chi connectivity index (χ3v) is 2.59. The quantitative estimate of drug-likeness (QED) is 0.793. The summed E-state index contributed by atoms with van der Waals surface area (Å²) >= 11 is 0. The molecule has 0 aromatic heterocycles. The fourth-order valence-electron chi connectivity index (χ4n) is 1.62. The fraction of sp³-hybridized carbons (Fsp3) is 0.462. The molecule has 17 heavy (non-hydrogen) atoms. The number of rotatable bonds is 6. The van der Waals surface area contributed by atoms with E-state index in [0.717, 1.165) is 11.3 Å². The first-order valence-electron chi connectivity index (χ1n) is 5.63. The van der Waals surface area contributed by atoms with Gasteiger partial charge < -0.3 is 15.2 Å². The number of carbonyl (C=O) groups is 1. The summed E-state index contributed by atoms with van der Waals surface area (Å²) in [7, 11) is 1.61. The zero-order chi connectivity index (χ0) is 12.8. The molecule has 1 aromatic rings. The summed E-state index contributed by atoms with van der Waals surface area (Å²) in [5.41, 5.74) is 1.01. The lowest BCUT2D eigenvalue weighted by atomic mass is 10.0. The van der Waals surface area contributed by atoms with E-state index >= 15 is 0 Å². The number of benzene rings is 1. The molecule has 1 atom stereocenters. The van der Waals surface area contributed by atoms with Gasteiger partial charge in [0.1, 0.15) is 11.8 Å². The van der Waals surface area contributed by atoms with E-state index in [4.69, 9.17) is 9.84 Å². The third kappa shape index (κ3) is 4.07. The van der Waals surface area contributed by atoms with Gasteiger partial charge in [-0.25, -0.2) is 0 Å². The molecule has 0 spiro atoms. The maximum Gasteiger partial charge on any atom is 0.320 e. The Balaban J connectivity index is 2.62. The number of ether oxygens (including phenoxy) is 1. The molecule has 4 heteroatoms. The van der Waals surface area contributed by atoms with Crippen LogP contribution < -0.4 is 10.1 Å². The second kappa shape index (κ2) is 6.25. The Morgan fingerprint density at radius 1 is 1.47 bits per heavy atom. The second-order valence-corrected chi connectivity index (χ2v) is 4.29. The van der Waals surface area contributed by atoms with Gasteiger partial charge in [0.2, 0.25) is 0 Å². The lowest BCUT2D eigenvalue weighted by Gasteiger charge is -2.18. The van der Waals surface area contributed by atoms with Gasteiger partial charge in [0, 0.05) is 6.54 Å². The lowest BCUT2D eigenvalue weighted by molar-refractivity contribution is -0.140. The smallest absolute Gasteiger partial charge is 0.320 e. The molecule has 0 heterocycles. The molecule has 0 aliphatic rings. The predicted molar refractivity (Wildman–Crippen MR) is 66.1 cm³/mol. The van der Waals surface area contributed by atoms with Crippen molar-refractivity contribution in [3.63, 3.8) is 0 Å². The average molecular weight is 237 g/mol. The number of hydrogen-bond acceptors (Lipinski definition) is 3. The largest absolute Gasteiger partial charge is 0.497 e. The molecule has 0 unspecified atom stereocenters. The van der Waals surface area contributed by atoms with Crippen LogP contribution in [0.2, 0.25) is 0 Å². The summed E-state index contributed by atoms with van der Waals surface area (Å²) < 4.78 is 5.11. The molecule has 0 bridgehead atoms. The molecular weight excluding hydrogens is 218 g/mol. The highest BCUT2D eigenvalue weighted by Crippen LogP contribution is 2.13. The number of aliphatic carboxylic acids is 1. The highest BCUT2D eigenvalue weighted by molar-refractivity contribution is 5.73. The van der Waals surface area contributed by atoms with Gasteiger partial charge in [0.25, 0.3) is 0 Å². The van der Waals surface area contributed by atoms with Crippen molar-refractivity contribution in [2.75, 3.05) is 7.11 Å². The van der Waals surface area contributed by atoms with Gasteiger partial charge in [-0.1, -0.05) is 26.0 Å². The van der Waals surface area contributed by atoms with Crippen LogP contribution in [0.25, 0.3) is 0 Å². The van der Waals surface area contributed by atoms with E-state index in [1.54, 1.807) is 7.11 Å². The van der Waals surface area contributed by atoms with Crippen molar-refractivity contribution in [3.05, 3.63) is 29.8 Å². The molecule has 0 saturated carbocycles. The van der Waals surface area contributed by atoms with Crippen LogP contribution in [0.1, 0.15) is 19.4 Å². The van der Waals surface area contributed by atoms with E-state index in [-0.39, 0.29) is 5.92 Å². The summed E-state index contributed by atoms with van der Waals surface area (Å²) in [4.78, 5) is 11.0. The van der Waals surface area contributed by atoms with E-state index < -0.39 is 12.0 Å². The van der Waals surface area contributed by atoms with Crippen LogP contribution in [0, 0.1) is 5.92 Å². The number of methoxy groups -OCH3 is 1. The minimum atomic E-state index is -0.817. The van der Waals surface area contributed by atoms with Crippen LogP contribution in [0.15, 0.2) is 24.3 Å². The average Bonchev–Trinajstić information content (AvgIpc) is 2.28. The Morgan fingerprint density at radius 3 is 2.71 bits per heavy atom. The standard InChI is InChI=1S/C13H19NO3/c1-9(2)12(13(15)16)14-8-10-5-4-6-11(7-10)17-3/h4-7,9,12,14H,8H2,1-3H3,(H,15,16)/t12-/m0/s1. The Morgan fingerprint density at radius 2 is 2.18 bits per heavy atom. The van der Waals surface area contributed by atoms with Crippen LogP contribution in [0.5, 0.6) is 5.75 Å². The molecule has 0 aliphatic carbocycles. The van der Waals surface area contributed by atoms with Crippen LogP contribution in [-0.4, -0.2) is 24.2 Å². The molecule has 0 radical (unpaired) electrons. The van der Waals surface area contributed by atoms with Crippen LogP contribution in [0.3, 0.4) is 0 Å². The van der Waals surface area contributed by atoms with Crippen LogP contribution >= 0.6 is 0 Å². The summed E-state index contributed by atoms with van der Waals surface area (Å²) in [5.74, 6) is 0.0155. The fourth-order valence-corrected chi connectivity index (χ4v) is 1.62. The Kier molecular flexibility index (Phi) is 4.97. The van der Waals surface area contributed by atoms with E-state index in [2.05, 4.69) is 5.32 Å². The molecule has 0 fully saturated rings. The van der Waals surface area contributed by atoms with E-state index in [1.165, 1.54) is 0 Å². The molecule has 2 N–H and O–H groups in total. The maximum absolute atomic E-state index is 11.0. The van der Waals surface area contributed by atoms with Gasteiger partial charge in [-0.05, 0) is 23.6 Å². The molecule has 0 saturated heterocycles. The SMILES string of the molecule is COc1cccc(CN[C@H](C(=O)O)C(C)C)c1. The molecule has 94 valence electrons. The molecule has 4 nitrogen and oxygen atoms in total.